The van der Waals surface area contributed by atoms with Gasteiger partial charge in [-0.25, -0.2) is 4.79 Å². The summed E-state index contributed by atoms with van der Waals surface area (Å²) in [5, 5.41) is 12.3. The van der Waals surface area contributed by atoms with Crippen LogP contribution in [0.25, 0.3) is 0 Å². The second-order valence-electron chi connectivity index (χ2n) is 5.77. The molecule has 1 aliphatic heterocycles. The number of hydrogen-bond acceptors (Lipinski definition) is 3. The number of halogens is 1. The van der Waals surface area contributed by atoms with Crippen molar-refractivity contribution in [2.45, 2.75) is 19.3 Å². The molecule has 2 heterocycles. The second kappa shape index (κ2) is 5.18. The molecule has 3 rings (SSSR count). The molecule has 0 bridgehead atoms. The van der Waals surface area contributed by atoms with E-state index in [2.05, 4.69) is 10.3 Å². The first kappa shape index (κ1) is 14.1. The van der Waals surface area contributed by atoms with Crippen molar-refractivity contribution in [1.29, 1.82) is 0 Å². The molecular formula is C14H16ClN3O3. The number of carbonyl (C=O) groups excluding carboxylic acids is 1. The van der Waals surface area contributed by atoms with Gasteiger partial charge in [0, 0.05) is 25.2 Å². The number of carboxylic acid groups (broad SMARTS) is 1. The van der Waals surface area contributed by atoms with E-state index in [0.29, 0.717) is 23.8 Å². The third kappa shape index (κ3) is 2.81. The summed E-state index contributed by atoms with van der Waals surface area (Å²) in [5.41, 5.74) is 0.583. The number of likely N-dealkylation sites (tertiary alicyclic amines) is 1. The van der Waals surface area contributed by atoms with Crippen LogP contribution in [0.4, 0.5) is 10.5 Å². The highest BCUT2D eigenvalue weighted by Crippen LogP contribution is 2.59. The molecular weight excluding hydrogens is 294 g/mol. The lowest BCUT2D eigenvalue weighted by molar-refractivity contribution is -0.118. The summed E-state index contributed by atoms with van der Waals surface area (Å²) in [6.45, 7) is 1.02. The van der Waals surface area contributed by atoms with Crippen LogP contribution in [0.3, 0.4) is 0 Å². The van der Waals surface area contributed by atoms with E-state index in [0.717, 1.165) is 19.3 Å². The molecule has 0 aromatic carbocycles. The van der Waals surface area contributed by atoms with Crippen LogP contribution in [-0.2, 0) is 4.79 Å². The van der Waals surface area contributed by atoms with Crippen LogP contribution < -0.4 is 5.32 Å². The highest BCUT2D eigenvalue weighted by Gasteiger charge is 2.58. The fourth-order valence-corrected chi connectivity index (χ4v) is 3.30. The third-order valence-electron chi connectivity index (χ3n) is 4.51. The molecule has 2 aliphatic rings. The minimum atomic E-state index is -0.878. The molecule has 0 unspecified atom stereocenters. The Kier molecular flexibility index (Phi) is 3.49. The van der Waals surface area contributed by atoms with Crippen molar-refractivity contribution in [3.63, 3.8) is 0 Å². The molecule has 1 aromatic rings. The van der Waals surface area contributed by atoms with Crippen molar-refractivity contribution in [3.8, 4) is 0 Å². The number of rotatable bonds is 2. The predicted octanol–water partition coefficient (Wildman–Crippen LogP) is 2.45. The Morgan fingerprint density at radius 2 is 2.10 bits per heavy atom. The van der Waals surface area contributed by atoms with Crippen molar-refractivity contribution < 1.29 is 14.7 Å². The zero-order chi connectivity index (χ0) is 15.0. The lowest BCUT2D eigenvalue weighted by atomic mass is 9.91. The molecule has 6 nitrogen and oxygen atoms in total. The third-order valence-corrected chi connectivity index (χ3v) is 4.72. The monoisotopic (exact) mass is 309 g/mol. The van der Waals surface area contributed by atoms with Crippen molar-refractivity contribution in [1.82, 2.24) is 9.88 Å². The van der Waals surface area contributed by atoms with E-state index >= 15 is 0 Å². The van der Waals surface area contributed by atoms with E-state index < -0.39 is 6.09 Å². The SMILES string of the molecule is O=C(Nc1cncc(Cl)c1)[C@H]1CC12CCN(C(=O)O)CC2. The Morgan fingerprint density at radius 3 is 2.71 bits per heavy atom. The molecule has 1 atom stereocenters. The van der Waals surface area contributed by atoms with E-state index in [1.807, 2.05) is 0 Å². The summed E-state index contributed by atoms with van der Waals surface area (Å²) in [6.07, 6.45) is 4.54. The first-order valence-corrected chi connectivity index (χ1v) is 7.27. The maximum atomic E-state index is 12.3. The fourth-order valence-electron chi connectivity index (χ4n) is 3.12. The van der Waals surface area contributed by atoms with E-state index in [9.17, 15) is 9.59 Å². The zero-order valence-electron chi connectivity index (χ0n) is 11.4. The number of anilines is 1. The standard InChI is InChI=1S/C14H16ClN3O3/c15-9-5-10(8-16-7-9)17-12(19)11-6-14(11)1-3-18(4-2-14)13(20)21/h5,7-8,11H,1-4,6H2,(H,17,19)(H,20,21)/t11-/m1/s1. The highest BCUT2D eigenvalue weighted by molar-refractivity contribution is 6.30. The first-order valence-electron chi connectivity index (χ1n) is 6.89. The number of carbonyl (C=O) groups is 2. The van der Waals surface area contributed by atoms with Gasteiger partial charge in [0.2, 0.25) is 5.91 Å². The van der Waals surface area contributed by atoms with E-state index in [1.165, 1.54) is 11.1 Å². The zero-order valence-corrected chi connectivity index (χ0v) is 12.1. The van der Waals surface area contributed by atoms with Gasteiger partial charge in [0.1, 0.15) is 0 Å². The number of nitrogens with zero attached hydrogens (tertiary/aromatic N) is 2. The van der Waals surface area contributed by atoms with Crippen molar-refractivity contribution in [2.24, 2.45) is 11.3 Å². The summed E-state index contributed by atoms with van der Waals surface area (Å²) in [4.78, 5) is 28.5. The van der Waals surface area contributed by atoms with Crippen LogP contribution in [0.1, 0.15) is 19.3 Å². The van der Waals surface area contributed by atoms with Crippen LogP contribution in [-0.4, -0.2) is 40.1 Å². The van der Waals surface area contributed by atoms with Gasteiger partial charge in [-0.05, 0) is 30.7 Å². The van der Waals surface area contributed by atoms with Crippen LogP contribution in [0.15, 0.2) is 18.5 Å². The van der Waals surface area contributed by atoms with Gasteiger partial charge in [-0.3, -0.25) is 9.78 Å². The lowest BCUT2D eigenvalue weighted by Crippen LogP contribution is -2.39. The minimum absolute atomic E-state index is 0.0119. The first-order chi connectivity index (χ1) is 10.00. The molecule has 0 radical (unpaired) electrons. The maximum absolute atomic E-state index is 12.3. The number of hydrogen-bond donors (Lipinski definition) is 2. The van der Waals surface area contributed by atoms with Crippen molar-refractivity contribution >= 4 is 29.3 Å². The maximum Gasteiger partial charge on any atom is 0.407 e. The summed E-state index contributed by atoms with van der Waals surface area (Å²) in [6, 6.07) is 1.66. The molecule has 1 saturated carbocycles. The second-order valence-corrected chi connectivity index (χ2v) is 6.21. The van der Waals surface area contributed by atoms with Gasteiger partial charge < -0.3 is 15.3 Å². The quantitative estimate of drug-likeness (QED) is 0.879. The Balaban J connectivity index is 1.58. The smallest absolute Gasteiger partial charge is 0.407 e. The van der Waals surface area contributed by atoms with Gasteiger partial charge in [0.15, 0.2) is 0 Å². The van der Waals surface area contributed by atoms with Crippen LogP contribution >= 0.6 is 11.6 Å². The molecule has 7 heteroatoms. The Hall–Kier alpha value is -1.82. The van der Waals surface area contributed by atoms with Crippen LogP contribution in [0, 0.1) is 11.3 Å². The normalized spacial score (nSPS) is 22.9. The molecule has 112 valence electrons. The van der Waals surface area contributed by atoms with Crippen LogP contribution in [0.2, 0.25) is 5.02 Å². The average molecular weight is 310 g/mol. The van der Waals surface area contributed by atoms with Crippen molar-refractivity contribution in [3.05, 3.63) is 23.5 Å². The topological polar surface area (TPSA) is 82.5 Å². The summed E-state index contributed by atoms with van der Waals surface area (Å²) < 4.78 is 0. The van der Waals surface area contributed by atoms with Crippen molar-refractivity contribution in [2.75, 3.05) is 18.4 Å². The molecule has 2 fully saturated rings. The van der Waals surface area contributed by atoms with Gasteiger partial charge in [-0.1, -0.05) is 11.6 Å². The van der Waals surface area contributed by atoms with Gasteiger partial charge in [0.05, 0.1) is 16.9 Å². The predicted molar refractivity (Wildman–Crippen MR) is 77.2 cm³/mol. The molecule has 1 spiro atoms. The largest absolute Gasteiger partial charge is 0.465 e. The van der Waals surface area contributed by atoms with Gasteiger partial charge in [-0.15, -0.1) is 0 Å². The molecule has 1 aliphatic carbocycles. The molecule has 21 heavy (non-hydrogen) atoms. The van der Waals surface area contributed by atoms with Gasteiger partial charge in [0.25, 0.3) is 0 Å². The minimum Gasteiger partial charge on any atom is -0.465 e. The lowest BCUT2D eigenvalue weighted by Gasteiger charge is -2.30. The van der Waals surface area contributed by atoms with Gasteiger partial charge in [-0.2, -0.15) is 0 Å². The molecule has 2 N–H and O–H groups in total. The van der Waals surface area contributed by atoms with Crippen LogP contribution in [0.5, 0.6) is 0 Å². The summed E-state index contributed by atoms with van der Waals surface area (Å²) >= 11 is 5.84. The Bertz CT molecular complexity index is 585. The fraction of sp³-hybridized carbons (Fsp3) is 0.500. The van der Waals surface area contributed by atoms with Gasteiger partial charge >= 0.3 is 6.09 Å². The highest BCUT2D eigenvalue weighted by atomic mass is 35.5. The Morgan fingerprint density at radius 1 is 1.38 bits per heavy atom. The number of nitrogens with one attached hydrogen (secondary N) is 1. The Labute approximate surface area is 127 Å². The molecule has 1 aromatic heterocycles. The van der Waals surface area contributed by atoms with E-state index in [1.54, 1.807) is 12.3 Å². The van der Waals surface area contributed by atoms with E-state index in [-0.39, 0.29) is 17.2 Å². The number of amides is 2. The summed E-state index contributed by atoms with van der Waals surface area (Å²) in [5.74, 6) is -0.0599. The summed E-state index contributed by atoms with van der Waals surface area (Å²) in [7, 11) is 0. The van der Waals surface area contributed by atoms with E-state index in [4.69, 9.17) is 16.7 Å². The number of pyridine rings is 1. The average Bonchev–Trinajstić information content (AvgIpc) is 3.13. The number of aromatic nitrogens is 1. The molecule has 1 saturated heterocycles. The molecule has 2 amide bonds. The number of piperidine rings is 1.